The second kappa shape index (κ2) is 6.99. The molecule has 2 heterocycles. The molecule has 10 heteroatoms. The largest absolute Gasteiger partial charge is 0.496 e. The number of aromatic amines is 1. The maximum atomic E-state index is 13.9. The van der Waals surface area contributed by atoms with Crippen molar-refractivity contribution in [2.45, 2.75) is 6.54 Å². The number of nitrogens with one attached hydrogen (secondary N) is 2. The van der Waals surface area contributed by atoms with Gasteiger partial charge in [-0.1, -0.05) is 0 Å². The summed E-state index contributed by atoms with van der Waals surface area (Å²) in [5, 5.41) is 9.00. The Balaban J connectivity index is 1.74. The van der Waals surface area contributed by atoms with Gasteiger partial charge in [0.2, 0.25) is 5.82 Å². The number of halogens is 2. The van der Waals surface area contributed by atoms with Gasteiger partial charge in [0.25, 0.3) is 5.91 Å². The molecule has 0 aliphatic heterocycles. The van der Waals surface area contributed by atoms with Crippen LogP contribution in [-0.2, 0) is 6.54 Å². The molecule has 1 aromatic carbocycles. The van der Waals surface area contributed by atoms with Gasteiger partial charge in [-0.25, -0.2) is 18.7 Å². The Labute approximate surface area is 140 Å². The Morgan fingerprint density at radius 2 is 2.16 bits per heavy atom. The molecule has 0 spiro atoms. The highest BCUT2D eigenvalue weighted by atomic mass is 19.2. The smallest absolute Gasteiger partial charge is 0.258 e. The van der Waals surface area contributed by atoms with Crippen molar-refractivity contribution < 1.29 is 18.3 Å². The average Bonchev–Trinajstić information content (AvgIpc) is 3.11. The number of H-pyrrole nitrogens is 1. The number of ether oxygens (including phenoxy) is 1. The molecule has 2 aromatic heterocycles. The molecule has 0 atom stereocenters. The molecule has 8 nitrogen and oxygen atoms in total. The number of hydrogen-bond donors (Lipinski definition) is 2. The average molecular weight is 346 g/mol. The topological polar surface area (TPSA) is 106 Å². The van der Waals surface area contributed by atoms with Crippen LogP contribution in [0.4, 0.5) is 8.78 Å². The molecule has 0 fully saturated rings. The summed E-state index contributed by atoms with van der Waals surface area (Å²) in [6, 6.07) is 2.06. The van der Waals surface area contributed by atoms with Crippen molar-refractivity contribution in [3.63, 3.8) is 0 Å². The van der Waals surface area contributed by atoms with Gasteiger partial charge >= 0.3 is 0 Å². The lowest BCUT2D eigenvalue weighted by Crippen LogP contribution is -2.25. The van der Waals surface area contributed by atoms with Crippen LogP contribution in [-0.4, -0.2) is 38.2 Å². The Hall–Kier alpha value is -3.43. The summed E-state index contributed by atoms with van der Waals surface area (Å²) in [6.07, 6.45) is 4.49. The molecular formula is C15H12F2N6O2. The van der Waals surface area contributed by atoms with Crippen LogP contribution < -0.4 is 10.1 Å². The molecule has 0 saturated heterocycles. The van der Waals surface area contributed by atoms with E-state index < -0.39 is 23.1 Å². The van der Waals surface area contributed by atoms with Crippen molar-refractivity contribution >= 4 is 5.91 Å². The van der Waals surface area contributed by atoms with E-state index in [1.807, 2.05) is 0 Å². The van der Waals surface area contributed by atoms with Crippen LogP contribution in [0.5, 0.6) is 5.75 Å². The van der Waals surface area contributed by atoms with Gasteiger partial charge in [-0.15, -0.1) is 0 Å². The lowest BCUT2D eigenvalue weighted by Gasteiger charge is -2.09. The summed E-state index contributed by atoms with van der Waals surface area (Å²) in [7, 11) is 1.26. The highest BCUT2D eigenvalue weighted by molar-refractivity contribution is 5.97. The second-order valence-electron chi connectivity index (χ2n) is 4.82. The van der Waals surface area contributed by atoms with Gasteiger partial charge in [0.15, 0.2) is 11.6 Å². The zero-order valence-electron chi connectivity index (χ0n) is 13.0. The summed E-state index contributed by atoms with van der Waals surface area (Å²) in [4.78, 5) is 24.3. The van der Waals surface area contributed by atoms with Gasteiger partial charge in [-0.05, 0) is 12.1 Å². The molecule has 25 heavy (non-hydrogen) atoms. The van der Waals surface area contributed by atoms with Crippen LogP contribution in [0.3, 0.4) is 0 Å². The van der Waals surface area contributed by atoms with Crippen molar-refractivity contribution in [3.05, 3.63) is 53.7 Å². The lowest BCUT2D eigenvalue weighted by molar-refractivity contribution is 0.0941. The summed E-state index contributed by atoms with van der Waals surface area (Å²) < 4.78 is 32.1. The van der Waals surface area contributed by atoms with Crippen LogP contribution in [0, 0.1) is 11.6 Å². The third kappa shape index (κ3) is 3.42. The summed E-state index contributed by atoms with van der Waals surface area (Å²) in [5.74, 6) is -2.73. The number of benzene rings is 1. The van der Waals surface area contributed by atoms with Crippen molar-refractivity contribution in [2.75, 3.05) is 7.11 Å². The van der Waals surface area contributed by atoms with E-state index >= 15 is 0 Å². The fraction of sp³-hybridized carbons (Fsp3) is 0.133. The van der Waals surface area contributed by atoms with Crippen LogP contribution in [0.25, 0.3) is 11.5 Å². The maximum Gasteiger partial charge on any atom is 0.258 e. The third-order valence-electron chi connectivity index (χ3n) is 3.24. The van der Waals surface area contributed by atoms with Gasteiger partial charge in [-0.3, -0.25) is 14.9 Å². The minimum atomic E-state index is -1.28. The van der Waals surface area contributed by atoms with Gasteiger partial charge in [0, 0.05) is 12.4 Å². The van der Waals surface area contributed by atoms with Gasteiger partial charge in [-0.2, -0.15) is 5.10 Å². The minimum absolute atomic E-state index is 0.0748. The quantitative estimate of drug-likeness (QED) is 0.725. The number of rotatable bonds is 5. The van der Waals surface area contributed by atoms with Gasteiger partial charge in [0.1, 0.15) is 22.8 Å². The Bertz CT molecular complexity index is 900. The summed E-state index contributed by atoms with van der Waals surface area (Å²) in [5.41, 5.74) is -0.0645. The van der Waals surface area contributed by atoms with Crippen LogP contribution in [0.1, 0.15) is 16.2 Å². The fourth-order valence-corrected chi connectivity index (χ4v) is 2.07. The maximum absolute atomic E-state index is 13.9. The van der Waals surface area contributed by atoms with Crippen molar-refractivity contribution in [3.8, 4) is 17.3 Å². The molecule has 0 aliphatic rings. The fourth-order valence-electron chi connectivity index (χ4n) is 2.07. The molecule has 128 valence electrons. The highest BCUT2D eigenvalue weighted by Gasteiger charge is 2.21. The lowest BCUT2D eigenvalue weighted by atomic mass is 10.1. The Kier molecular flexibility index (Phi) is 4.59. The Morgan fingerprint density at radius 1 is 1.32 bits per heavy atom. The highest BCUT2D eigenvalue weighted by Crippen LogP contribution is 2.23. The van der Waals surface area contributed by atoms with Gasteiger partial charge < -0.3 is 10.1 Å². The van der Waals surface area contributed by atoms with Crippen molar-refractivity contribution in [1.82, 2.24) is 30.5 Å². The zero-order valence-corrected chi connectivity index (χ0v) is 13.0. The SMILES string of the molecule is COc1ccc(F)c(F)c1C(=O)NCc1nc(-c2cnccn2)n[nH]1. The molecule has 1 amide bonds. The molecule has 0 unspecified atom stereocenters. The van der Waals surface area contributed by atoms with Crippen molar-refractivity contribution in [2.24, 2.45) is 0 Å². The molecular weight excluding hydrogens is 334 g/mol. The molecule has 3 aromatic rings. The Morgan fingerprint density at radius 3 is 2.88 bits per heavy atom. The molecule has 0 aliphatic carbocycles. The standard InChI is InChI=1S/C15H12F2N6O2/c1-25-10-3-2-8(16)13(17)12(10)15(24)20-7-11-21-14(23-22-11)9-6-18-4-5-19-9/h2-6H,7H2,1H3,(H,20,24)(H,21,22,23). The first-order chi connectivity index (χ1) is 12.1. The number of aromatic nitrogens is 5. The normalized spacial score (nSPS) is 10.5. The predicted octanol–water partition coefficient (Wildman–Crippen LogP) is 1.48. The van der Waals surface area contributed by atoms with E-state index in [1.54, 1.807) is 0 Å². The number of amides is 1. The molecule has 3 rings (SSSR count). The number of hydrogen-bond acceptors (Lipinski definition) is 6. The van der Waals surface area contributed by atoms with E-state index in [4.69, 9.17) is 4.74 Å². The molecule has 0 radical (unpaired) electrons. The van der Waals surface area contributed by atoms with Crippen LogP contribution >= 0.6 is 0 Å². The molecule has 2 N–H and O–H groups in total. The molecule has 0 bridgehead atoms. The van der Waals surface area contributed by atoms with E-state index in [0.29, 0.717) is 17.3 Å². The zero-order chi connectivity index (χ0) is 17.8. The minimum Gasteiger partial charge on any atom is -0.496 e. The van der Waals surface area contributed by atoms with E-state index in [2.05, 4.69) is 30.5 Å². The first-order valence-electron chi connectivity index (χ1n) is 7.08. The van der Waals surface area contributed by atoms with E-state index in [-0.39, 0.29) is 12.3 Å². The first kappa shape index (κ1) is 16.4. The van der Waals surface area contributed by atoms with Crippen LogP contribution in [0.15, 0.2) is 30.7 Å². The van der Waals surface area contributed by atoms with E-state index in [0.717, 1.165) is 6.07 Å². The second-order valence-corrected chi connectivity index (χ2v) is 4.82. The summed E-state index contributed by atoms with van der Waals surface area (Å²) in [6.45, 7) is -0.0782. The third-order valence-corrected chi connectivity index (χ3v) is 3.24. The monoisotopic (exact) mass is 346 g/mol. The van der Waals surface area contributed by atoms with Crippen LogP contribution in [0.2, 0.25) is 0 Å². The van der Waals surface area contributed by atoms with Gasteiger partial charge in [0.05, 0.1) is 19.9 Å². The number of methoxy groups -OCH3 is 1. The predicted molar refractivity (Wildman–Crippen MR) is 81.5 cm³/mol. The number of nitrogens with zero attached hydrogens (tertiary/aromatic N) is 4. The van der Waals surface area contributed by atoms with E-state index in [9.17, 15) is 13.6 Å². The first-order valence-corrected chi connectivity index (χ1v) is 7.08. The van der Waals surface area contributed by atoms with Crippen molar-refractivity contribution in [1.29, 1.82) is 0 Å². The molecule has 0 saturated carbocycles. The number of carbonyl (C=O) groups excluding carboxylic acids is 1. The summed E-state index contributed by atoms with van der Waals surface area (Å²) >= 11 is 0. The van der Waals surface area contributed by atoms with E-state index in [1.165, 1.54) is 31.8 Å². The number of carbonyl (C=O) groups is 1.